The molecule has 0 aliphatic carbocycles. The van der Waals surface area contributed by atoms with Crippen LogP contribution in [0, 0.1) is 11.8 Å². The molecule has 9 heteroatoms. The summed E-state index contributed by atoms with van der Waals surface area (Å²) in [5.41, 5.74) is 5.52. The Kier molecular flexibility index (Phi) is 10.6. The Hall–Kier alpha value is -2.16. The topological polar surface area (TPSA) is 151 Å². The molecule has 0 spiro atoms. The summed E-state index contributed by atoms with van der Waals surface area (Å²) in [7, 11) is 0. The number of carbonyl (C=O) groups is 4. The fraction of sp³-hybridized carbons (Fsp3) is 0.778. The van der Waals surface area contributed by atoms with Crippen molar-refractivity contribution in [2.75, 3.05) is 0 Å². The van der Waals surface area contributed by atoms with Crippen LogP contribution in [0.15, 0.2) is 0 Å². The zero-order valence-corrected chi connectivity index (χ0v) is 17.0. The van der Waals surface area contributed by atoms with Crippen LogP contribution < -0.4 is 21.7 Å². The number of hydrogen-bond donors (Lipinski definition) is 5. The number of carbonyl (C=O) groups excluding carboxylic acids is 3. The monoisotopic (exact) mass is 386 g/mol. The summed E-state index contributed by atoms with van der Waals surface area (Å²) in [5, 5.41) is 16.7. The number of amides is 3. The summed E-state index contributed by atoms with van der Waals surface area (Å²) in [6.07, 6.45) is 0.659. The SMILES string of the molecule is CC(C)CC(NC(=O)C(C)NC(=O)C(CC(C)C)NC(=O)C(C)N)C(=O)O. The molecule has 0 rings (SSSR count). The van der Waals surface area contributed by atoms with Gasteiger partial charge in [0, 0.05) is 0 Å². The Morgan fingerprint density at radius 1 is 0.741 bits per heavy atom. The van der Waals surface area contributed by atoms with Gasteiger partial charge in [0.05, 0.1) is 6.04 Å². The molecule has 0 radical (unpaired) electrons. The molecule has 0 fully saturated rings. The largest absolute Gasteiger partial charge is 0.480 e. The van der Waals surface area contributed by atoms with Gasteiger partial charge in [-0.2, -0.15) is 0 Å². The molecule has 0 aromatic heterocycles. The number of rotatable bonds is 11. The second-order valence-corrected chi connectivity index (χ2v) is 7.74. The van der Waals surface area contributed by atoms with Gasteiger partial charge >= 0.3 is 5.97 Å². The first-order valence-corrected chi connectivity index (χ1v) is 9.24. The molecular formula is C18H34N4O5. The van der Waals surface area contributed by atoms with E-state index in [0.717, 1.165) is 0 Å². The maximum absolute atomic E-state index is 12.5. The van der Waals surface area contributed by atoms with Crippen molar-refractivity contribution in [1.82, 2.24) is 16.0 Å². The average molecular weight is 386 g/mol. The van der Waals surface area contributed by atoms with Gasteiger partial charge in [0.1, 0.15) is 18.1 Å². The first-order valence-electron chi connectivity index (χ1n) is 9.24. The van der Waals surface area contributed by atoms with E-state index >= 15 is 0 Å². The van der Waals surface area contributed by atoms with Crippen molar-refractivity contribution in [3.8, 4) is 0 Å². The van der Waals surface area contributed by atoms with Crippen LogP contribution in [0.3, 0.4) is 0 Å². The Balaban J connectivity index is 4.95. The van der Waals surface area contributed by atoms with Crippen molar-refractivity contribution < 1.29 is 24.3 Å². The molecule has 9 nitrogen and oxygen atoms in total. The molecule has 0 aromatic rings. The van der Waals surface area contributed by atoms with Crippen LogP contribution in [0.4, 0.5) is 0 Å². The molecule has 0 saturated carbocycles. The molecule has 156 valence electrons. The number of aliphatic carboxylic acids is 1. The number of hydrogen-bond acceptors (Lipinski definition) is 5. The lowest BCUT2D eigenvalue weighted by Gasteiger charge is -2.24. The van der Waals surface area contributed by atoms with E-state index in [2.05, 4.69) is 16.0 Å². The zero-order valence-electron chi connectivity index (χ0n) is 17.0. The van der Waals surface area contributed by atoms with Gasteiger partial charge in [-0.25, -0.2) is 4.79 Å². The van der Waals surface area contributed by atoms with Crippen LogP contribution in [0.5, 0.6) is 0 Å². The Morgan fingerprint density at radius 3 is 1.59 bits per heavy atom. The number of carboxylic acids is 1. The van der Waals surface area contributed by atoms with Gasteiger partial charge in [0.15, 0.2) is 0 Å². The van der Waals surface area contributed by atoms with Crippen molar-refractivity contribution in [1.29, 1.82) is 0 Å². The quantitative estimate of drug-likeness (QED) is 0.337. The summed E-state index contributed by atoms with van der Waals surface area (Å²) >= 11 is 0. The maximum atomic E-state index is 12.5. The van der Waals surface area contributed by atoms with Crippen molar-refractivity contribution in [2.24, 2.45) is 17.6 Å². The number of carboxylic acid groups (broad SMARTS) is 1. The zero-order chi connectivity index (χ0) is 21.3. The number of nitrogens with one attached hydrogen (secondary N) is 3. The lowest BCUT2D eigenvalue weighted by Crippen LogP contribution is -2.56. The highest BCUT2D eigenvalue weighted by Crippen LogP contribution is 2.07. The highest BCUT2D eigenvalue weighted by Gasteiger charge is 2.28. The van der Waals surface area contributed by atoms with E-state index in [1.54, 1.807) is 0 Å². The summed E-state index contributed by atoms with van der Waals surface area (Å²) < 4.78 is 0. The van der Waals surface area contributed by atoms with Gasteiger partial charge < -0.3 is 26.8 Å². The fourth-order valence-electron chi connectivity index (χ4n) is 2.38. The molecular weight excluding hydrogens is 352 g/mol. The van der Waals surface area contributed by atoms with Gasteiger partial charge in [0.2, 0.25) is 17.7 Å². The van der Waals surface area contributed by atoms with E-state index in [1.807, 2.05) is 27.7 Å². The molecule has 0 heterocycles. The highest BCUT2D eigenvalue weighted by atomic mass is 16.4. The Labute approximate surface area is 160 Å². The van der Waals surface area contributed by atoms with Crippen LogP contribution in [0.25, 0.3) is 0 Å². The van der Waals surface area contributed by atoms with Crippen LogP contribution in [-0.2, 0) is 19.2 Å². The van der Waals surface area contributed by atoms with E-state index in [-0.39, 0.29) is 18.3 Å². The molecule has 0 bridgehead atoms. The van der Waals surface area contributed by atoms with Gasteiger partial charge in [-0.3, -0.25) is 14.4 Å². The second kappa shape index (κ2) is 11.5. The third-order valence-electron chi connectivity index (χ3n) is 3.83. The van der Waals surface area contributed by atoms with Crippen molar-refractivity contribution in [3.63, 3.8) is 0 Å². The minimum Gasteiger partial charge on any atom is -0.480 e. The molecule has 4 unspecified atom stereocenters. The molecule has 27 heavy (non-hydrogen) atoms. The molecule has 0 aliphatic rings. The Morgan fingerprint density at radius 2 is 1.19 bits per heavy atom. The van der Waals surface area contributed by atoms with Crippen LogP contribution >= 0.6 is 0 Å². The molecule has 0 aromatic carbocycles. The predicted molar refractivity (Wildman–Crippen MR) is 102 cm³/mol. The van der Waals surface area contributed by atoms with Crippen molar-refractivity contribution in [3.05, 3.63) is 0 Å². The van der Waals surface area contributed by atoms with E-state index in [1.165, 1.54) is 13.8 Å². The summed E-state index contributed by atoms with van der Waals surface area (Å²) in [4.78, 5) is 47.8. The van der Waals surface area contributed by atoms with Crippen LogP contribution in [-0.4, -0.2) is 53.0 Å². The molecule has 3 amide bonds. The molecule has 0 saturated heterocycles. The highest BCUT2D eigenvalue weighted by molar-refractivity contribution is 5.93. The number of nitrogens with two attached hydrogens (primary N) is 1. The summed E-state index contributed by atoms with van der Waals surface area (Å²) in [5.74, 6) is -2.50. The maximum Gasteiger partial charge on any atom is 0.326 e. The van der Waals surface area contributed by atoms with E-state index in [4.69, 9.17) is 5.73 Å². The lowest BCUT2D eigenvalue weighted by molar-refractivity contribution is -0.142. The molecule has 6 N–H and O–H groups in total. The minimum atomic E-state index is -1.13. The smallest absolute Gasteiger partial charge is 0.326 e. The fourth-order valence-corrected chi connectivity index (χ4v) is 2.38. The van der Waals surface area contributed by atoms with Gasteiger partial charge in [-0.15, -0.1) is 0 Å². The standard InChI is InChI=1S/C18H34N4O5/c1-9(2)7-13(21-15(23)11(5)19)17(25)20-12(6)16(24)22-14(18(26)27)8-10(3)4/h9-14H,7-8,19H2,1-6H3,(H,20,25)(H,21,23)(H,22,24)(H,26,27). The average Bonchev–Trinajstić information content (AvgIpc) is 2.51. The minimum absolute atomic E-state index is 0.0835. The molecule has 0 aliphatic heterocycles. The summed E-state index contributed by atoms with van der Waals surface area (Å²) in [6, 6.07) is -3.57. The van der Waals surface area contributed by atoms with E-state index in [9.17, 15) is 24.3 Å². The van der Waals surface area contributed by atoms with Gasteiger partial charge in [0.25, 0.3) is 0 Å². The predicted octanol–water partition coefficient (Wildman–Crippen LogP) is -0.0153. The van der Waals surface area contributed by atoms with Crippen LogP contribution in [0.1, 0.15) is 54.4 Å². The Bertz CT molecular complexity index is 534. The van der Waals surface area contributed by atoms with Crippen molar-refractivity contribution in [2.45, 2.75) is 78.6 Å². The third-order valence-corrected chi connectivity index (χ3v) is 3.83. The lowest BCUT2D eigenvalue weighted by atomic mass is 10.0. The third kappa shape index (κ3) is 9.93. The first kappa shape index (κ1) is 24.8. The molecule has 4 atom stereocenters. The van der Waals surface area contributed by atoms with E-state index < -0.39 is 47.9 Å². The normalized spacial score (nSPS) is 15.6. The first-order chi connectivity index (χ1) is 12.3. The van der Waals surface area contributed by atoms with Gasteiger partial charge in [-0.1, -0.05) is 27.7 Å². The van der Waals surface area contributed by atoms with Crippen molar-refractivity contribution >= 4 is 23.7 Å². The summed E-state index contributed by atoms with van der Waals surface area (Å²) in [6.45, 7) is 10.5. The van der Waals surface area contributed by atoms with Gasteiger partial charge in [-0.05, 0) is 38.5 Å². The second-order valence-electron chi connectivity index (χ2n) is 7.74. The van der Waals surface area contributed by atoms with E-state index in [0.29, 0.717) is 6.42 Å². The van der Waals surface area contributed by atoms with Crippen LogP contribution in [0.2, 0.25) is 0 Å².